The van der Waals surface area contributed by atoms with Crippen molar-refractivity contribution in [2.45, 2.75) is 18.9 Å². The topological polar surface area (TPSA) is 74.2 Å². The monoisotopic (exact) mass is 470 g/mol. The zero-order valence-electron chi connectivity index (χ0n) is 17.6. The Morgan fingerprint density at radius 1 is 1.16 bits per heavy atom. The Bertz CT molecular complexity index is 1160. The molecular weight excluding hydrogens is 447 g/mol. The molecule has 1 amide bonds. The predicted molar refractivity (Wildman–Crippen MR) is 127 cm³/mol. The Morgan fingerprint density at radius 3 is 2.75 bits per heavy atom. The molecule has 0 saturated carbocycles. The first kappa shape index (κ1) is 22.4. The highest BCUT2D eigenvalue weighted by Gasteiger charge is 2.28. The fraction of sp³-hybridized carbons (Fsp3) is 0.250. The fourth-order valence-electron chi connectivity index (χ4n) is 3.62. The Kier molecular flexibility index (Phi) is 7.15. The summed E-state index contributed by atoms with van der Waals surface area (Å²) in [5, 5.41) is 4.13. The van der Waals surface area contributed by atoms with Crippen LogP contribution in [0, 0.1) is 0 Å². The molecule has 1 atom stereocenters. The van der Waals surface area contributed by atoms with Gasteiger partial charge in [-0.15, -0.1) is 0 Å². The van der Waals surface area contributed by atoms with E-state index >= 15 is 0 Å². The first-order valence-electron chi connectivity index (χ1n) is 10.4. The van der Waals surface area contributed by atoms with E-state index in [-0.39, 0.29) is 5.91 Å². The maximum absolute atomic E-state index is 13.1. The summed E-state index contributed by atoms with van der Waals surface area (Å²) < 4.78 is 5.88. The van der Waals surface area contributed by atoms with Crippen LogP contribution in [-0.4, -0.2) is 40.9 Å². The largest absolute Gasteiger partial charge is 0.439 e. The van der Waals surface area contributed by atoms with Crippen LogP contribution in [0.5, 0.6) is 0 Å². The number of para-hydroxylation sites is 2. The molecule has 32 heavy (non-hydrogen) atoms. The summed E-state index contributed by atoms with van der Waals surface area (Å²) in [6, 6.07) is 16.9. The van der Waals surface area contributed by atoms with Crippen LogP contribution in [0.1, 0.15) is 29.5 Å². The van der Waals surface area contributed by atoms with Crippen molar-refractivity contribution in [3.05, 3.63) is 88.0 Å². The van der Waals surface area contributed by atoms with Gasteiger partial charge in [0.1, 0.15) is 5.52 Å². The van der Waals surface area contributed by atoms with Gasteiger partial charge in [-0.05, 0) is 62.0 Å². The Balaban J connectivity index is 1.34. The van der Waals surface area contributed by atoms with Crippen molar-refractivity contribution < 1.29 is 9.21 Å². The highest BCUT2D eigenvalue weighted by molar-refractivity contribution is 6.42. The molecule has 4 rings (SSSR count). The highest BCUT2D eigenvalue weighted by Crippen LogP contribution is 2.27. The maximum atomic E-state index is 13.1. The molecule has 2 aromatic heterocycles. The van der Waals surface area contributed by atoms with Crippen molar-refractivity contribution in [1.29, 1.82) is 0 Å². The summed E-state index contributed by atoms with van der Waals surface area (Å²) in [7, 11) is 2.03. The third kappa shape index (κ3) is 5.33. The number of rotatable bonds is 9. The molecule has 0 bridgehead atoms. The van der Waals surface area contributed by atoms with Gasteiger partial charge in [-0.3, -0.25) is 4.79 Å². The summed E-state index contributed by atoms with van der Waals surface area (Å²) in [5.41, 5.74) is 3.23. The second kappa shape index (κ2) is 10.2. The molecular formula is C24H24Cl2N4O2. The van der Waals surface area contributed by atoms with Gasteiger partial charge in [0, 0.05) is 25.0 Å². The highest BCUT2D eigenvalue weighted by atomic mass is 35.5. The van der Waals surface area contributed by atoms with Crippen LogP contribution >= 0.6 is 23.2 Å². The number of fused-ring (bicyclic) bond motifs is 1. The fourth-order valence-corrected chi connectivity index (χ4v) is 3.94. The molecule has 0 fully saturated rings. The normalized spacial score (nSPS) is 12.4. The van der Waals surface area contributed by atoms with Crippen molar-refractivity contribution in [3.8, 4) is 0 Å². The number of nitrogens with one attached hydrogen (secondary N) is 2. The molecule has 8 heteroatoms. The molecule has 4 aromatic rings. The number of nitrogens with zero attached hydrogens (tertiary/aromatic N) is 2. The standard InChI is InChI=1S/C24H24Cl2N4O2/c1-30(15-16-9-10-17(25)18(26)14-16)13-5-12-28-23(31)22(20-7-4-11-27-20)24-29-19-6-2-3-8-21(19)32-24/h2-4,6-11,14,22,27H,5,12-13,15H2,1H3,(H,28,31). The zero-order valence-corrected chi connectivity index (χ0v) is 19.2. The van der Waals surface area contributed by atoms with Gasteiger partial charge in [0.15, 0.2) is 11.5 Å². The number of aromatic amines is 1. The van der Waals surface area contributed by atoms with Gasteiger partial charge in [0.05, 0.1) is 10.0 Å². The number of carbonyl (C=O) groups is 1. The molecule has 2 heterocycles. The van der Waals surface area contributed by atoms with E-state index in [0.717, 1.165) is 36.3 Å². The van der Waals surface area contributed by atoms with Crippen molar-refractivity contribution in [2.24, 2.45) is 0 Å². The van der Waals surface area contributed by atoms with E-state index in [2.05, 4.69) is 20.2 Å². The van der Waals surface area contributed by atoms with E-state index in [0.29, 0.717) is 28.1 Å². The van der Waals surface area contributed by atoms with Crippen molar-refractivity contribution in [3.63, 3.8) is 0 Å². The Labute approximate surface area is 196 Å². The SMILES string of the molecule is CN(CCCNC(=O)C(c1ccc[nH]1)c1nc2ccccc2o1)Cc1ccc(Cl)c(Cl)c1. The minimum absolute atomic E-state index is 0.147. The van der Waals surface area contributed by atoms with Crippen LogP contribution in [0.15, 0.2) is 65.2 Å². The third-order valence-electron chi connectivity index (χ3n) is 5.20. The Morgan fingerprint density at radius 2 is 2.00 bits per heavy atom. The number of H-pyrrole nitrogens is 1. The molecule has 166 valence electrons. The predicted octanol–water partition coefficient (Wildman–Crippen LogP) is 5.23. The molecule has 0 aliphatic carbocycles. The second-order valence-corrected chi connectivity index (χ2v) is 8.52. The van der Waals surface area contributed by atoms with Crippen LogP contribution in [0.3, 0.4) is 0 Å². The number of carbonyl (C=O) groups excluding carboxylic acids is 1. The summed E-state index contributed by atoms with van der Waals surface area (Å²) >= 11 is 12.1. The number of halogens is 2. The molecule has 6 nitrogen and oxygen atoms in total. The van der Waals surface area contributed by atoms with Crippen molar-refractivity contribution in [2.75, 3.05) is 20.1 Å². The van der Waals surface area contributed by atoms with E-state index < -0.39 is 5.92 Å². The number of hydrogen-bond acceptors (Lipinski definition) is 4. The number of hydrogen-bond donors (Lipinski definition) is 2. The van der Waals surface area contributed by atoms with Crippen molar-refractivity contribution >= 4 is 40.2 Å². The van der Waals surface area contributed by atoms with Crippen LogP contribution in [0.4, 0.5) is 0 Å². The van der Waals surface area contributed by atoms with Crippen LogP contribution < -0.4 is 5.32 Å². The molecule has 2 aromatic carbocycles. The lowest BCUT2D eigenvalue weighted by molar-refractivity contribution is -0.122. The molecule has 0 spiro atoms. The molecule has 2 N–H and O–H groups in total. The smallest absolute Gasteiger partial charge is 0.238 e. The summed E-state index contributed by atoms with van der Waals surface area (Å²) in [6.45, 7) is 2.11. The van der Waals surface area contributed by atoms with Gasteiger partial charge < -0.3 is 19.6 Å². The van der Waals surface area contributed by atoms with Gasteiger partial charge in [-0.25, -0.2) is 4.98 Å². The maximum Gasteiger partial charge on any atom is 0.238 e. The third-order valence-corrected chi connectivity index (χ3v) is 5.94. The second-order valence-electron chi connectivity index (χ2n) is 7.71. The number of benzene rings is 2. The van der Waals surface area contributed by atoms with E-state index in [1.54, 1.807) is 12.3 Å². The Hall–Kier alpha value is -2.80. The lowest BCUT2D eigenvalue weighted by Crippen LogP contribution is -2.32. The molecule has 0 saturated heterocycles. The van der Waals surface area contributed by atoms with Crippen LogP contribution in [0.25, 0.3) is 11.1 Å². The molecule has 0 aliphatic heterocycles. The van der Waals surface area contributed by atoms with Gasteiger partial charge in [0.25, 0.3) is 0 Å². The van der Waals surface area contributed by atoms with E-state index in [1.165, 1.54) is 0 Å². The average Bonchev–Trinajstić information content (AvgIpc) is 3.44. The summed E-state index contributed by atoms with van der Waals surface area (Å²) in [4.78, 5) is 22.9. The molecule has 0 radical (unpaired) electrons. The van der Waals surface area contributed by atoms with Gasteiger partial charge >= 0.3 is 0 Å². The van der Waals surface area contributed by atoms with E-state index in [9.17, 15) is 4.79 Å². The number of oxazole rings is 1. The minimum atomic E-state index is -0.633. The van der Waals surface area contributed by atoms with E-state index in [4.69, 9.17) is 27.6 Å². The van der Waals surface area contributed by atoms with Crippen LogP contribution in [0.2, 0.25) is 10.0 Å². The van der Waals surface area contributed by atoms with Crippen LogP contribution in [-0.2, 0) is 11.3 Å². The van der Waals surface area contributed by atoms with Gasteiger partial charge in [-0.2, -0.15) is 0 Å². The first-order chi connectivity index (χ1) is 15.5. The molecule has 1 unspecified atom stereocenters. The quantitative estimate of drug-likeness (QED) is 0.328. The lowest BCUT2D eigenvalue weighted by atomic mass is 10.0. The van der Waals surface area contributed by atoms with E-state index in [1.807, 2.05) is 55.6 Å². The zero-order chi connectivity index (χ0) is 22.5. The number of aromatic nitrogens is 2. The van der Waals surface area contributed by atoms with Gasteiger partial charge in [0.2, 0.25) is 11.8 Å². The number of amides is 1. The summed E-state index contributed by atoms with van der Waals surface area (Å²) in [5.74, 6) is -0.402. The molecule has 0 aliphatic rings. The summed E-state index contributed by atoms with van der Waals surface area (Å²) in [6.07, 6.45) is 2.59. The first-order valence-corrected chi connectivity index (χ1v) is 11.2. The minimum Gasteiger partial charge on any atom is -0.439 e. The van der Waals surface area contributed by atoms with Crippen molar-refractivity contribution in [1.82, 2.24) is 20.2 Å². The average molecular weight is 471 g/mol. The van der Waals surface area contributed by atoms with Gasteiger partial charge in [-0.1, -0.05) is 41.4 Å². The lowest BCUT2D eigenvalue weighted by Gasteiger charge is -2.18.